The lowest BCUT2D eigenvalue weighted by atomic mass is 10.1. The maximum atomic E-state index is 13.4. The number of esters is 1. The molecule has 1 saturated heterocycles. The van der Waals surface area contributed by atoms with E-state index in [1.807, 2.05) is 0 Å². The van der Waals surface area contributed by atoms with E-state index < -0.39 is 21.9 Å². The summed E-state index contributed by atoms with van der Waals surface area (Å²) in [4.78, 5) is 26.7. The van der Waals surface area contributed by atoms with Gasteiger partial charge in [-0.15, -0.1) is 0 Å². The molecule has 1 fully saturated rings. The van der Waals surface area contributed by atoms with E-state index in [2.05, 4.69) is 0 Å². The van der Waals surface area contributed by atoms with E-state index in [-0.39, 0.29) is 36.6 Å². The molecule has 0 atom stereocenters. The number of sulfonamides is 1. The lowest BCUT2D eigenvalue weighted by Gasteiger charge is -2.26. The molecule has 10 nitrogen and oxygen atoms in total. The van der Waals surface area contributed by atoms with Crippen molar-refractivity contribution in [3.05, 3.63) is 53.6 Å². The molecule has 184 valence electrons. The van der Waals surface area contributed by atoms with Crippen LogP contribution in [-0.2, 0) is 30.8 Å². The number of amides is 1. The third-order valence-corrected chi connectivity index (χ3v) is 7.20. The molecule has 3 rings (SSSR count). The summed E-state index contributed by atoms with van der Waals surface area (Å²) in [5.74, 6) is -0.0802. The Hall–Kier alpha value is -3.15. The van der Waals surface area contributed by atoms with Gasteiger partial charge in [-0.05, 0) is 35.9 Å². The smallest absolute Gasteiger partial charge is 0.325 e. The van der Waals surface area contributed by atoms with Crippen LogP contribution in [0.3, 0.4) is 0 Å². The molecular weight excluding hydrogens is 464 g/mol. The fourth-order valence-electron chi connectivity index (χ4n) is 3.51. The molecule has 0 aromatic heterocycles. The van der Waals surface area contributed by atoms with Crippen LogP contribution in [0, 0.1) is 0 Å². The maximum absolute atomic E-state index is 13.4. The highest BCUT2D eigenvalue weighted by atomic mass is 32.2. The standard InChI is InChI=1S/C23H28N2O8S/c1-30-19-11-17(12-20(14-19)31-2)15-24(16-22(26)32-3)23(27)18-5-4-6-21(13-18)34(28,29)25-7-9-33-10-8-25/h4-6,11-14H,7-10,15-16H2,1-3H3. The Morgan fingerprint density at radius 1 is 1.00 bits per heavy atom. The van der Waals surface area contributed by atoms with Crippen LogP contribution >= 0.6 is 0 Å². The van der Waals surface area contributed by atoms with Gasteiger partial charge in [0.05, 0.1) is 39.4 Å². The number of methoxy groups -OCH3 is 3. The number of morpholine rings is 1. The summed E-state index contributed by atoms with van der Waals surface area (Å²) < 4.78 is 47.9. The molecule has 34 heavy (non-hydrogen) atoms. The van der Waals surface area contributed by atoms with Crippen molar-refractivity contribution in [3.8, 4) is 11.5 Å². The lowest BCUT2D eigenvalue weighted by molar-refractivity contribution is -0.141. The molecule has 2 aromatic rings. The van der Waals surface area contributed by atoms with Crippen LogP contribution in [0.4, 0.5) is 0 Å². The summed E-state index contributed by atoms with van der Waals surface area (Å²) in [7, 11) is 0.461. The van der Waals surface area contributed by atoms with Crippen molar-refractivity contribution in [2.24, 2.45) is 0 Å². The molecule has 0 radical (unpaired) electrons. The van der Waals surface area contributed by atoms with Gasteiger partial charge in [0.1, 0.15) is 18.0 Å². The number of ether oxygens (including phenoxy) is 4. The topological polar surface area (TPSA) is 112 Å². The van der Waals surface area contributed by atoms with E-state index >= 15 is 0 Å². The average Bonchev–Trinajstić information content (AvgIpc) is 2.88. The predicted molar refractivity (Wildman–Crippen MR) is 122 cm³/mol. The molecule has 2 aromatic carbocycles. The first kappa shape index (κ1) is 25.5. The Balaban J connectivity index is 1.91. The van der Waals surface area contributed by atoms with Crippen molar-refractivity contribution in [2.75, 3.05) is 54.2 Å². The van der Waals surface area contributed by atoms with Gasteiger partial charge in [-0.1, -0.05) is 6.07 Å². The summed E-state index contributed by atoms with van der Waals surface area (Å²) in [6.45, 7) is 0.833. The third kappa shape index (κ3) is 6.04. The minimum atomic E-state index is -3.79. The molecular formula is C23H28N2O8S. The van der Waals surface area contributed by atoms with Gasteiger partial charge in [-0.2, -0.15) is 4.31 Å². The van der Waals surface area contributed by atoms with Crippen molar-refractivity contribution in [1.82, 2.24) is 9.21 Å². The Morgan fingerprint density at radius 3 is 2.24 bits per heavy atom. The van der Waals surface area contributed by atoms with E-state index in [0.717, 1.165) is 0 Å². The second-order valence-corrected chi connectivity index (χ2v) is 9.44. The van der Waals surface area contributed by atoms with Crippen LogP contribution < -0.4 is 9.47 Å². The highest BCUT2D eigenvalue weighted by Gasteiger charge is 2.28. The monoisotopic (exact) mass is 492 g/mol. The molecule has 1 heterocycles. The molecule has 11 heteroatoms. The molecule has 1 aliphatic rings. The highest BCUT2D eigenvalue weighted by molar-refractivity contribution is 7.89. The number of nitrogens with zero attached hydrogens (tertiary/aromatic N) is 2. The van der Waals surface area contributed by atoms with E-state index in [4.69, 9.17) is 18.9 Å². The van der Waals surface area contributed by atoms with Gasteiger partial charge in [-0.25, -0.2) is 8.42 Å². The van der Waals surface area contributed by atoms with Crippen LogP contribution in [0.15, 0.2) is 47.4 Å². The van der Waals surface area contributed by atoms with E-state index in [9.17, 15) is 18.0 Å². The number of hydrogen-bond acceptors (Lipinski definition) is 8. The van der Waals surface area contributed by atoms with Crippen LogP contribution in [0.5, 0.6) is 11.5 Å². The Bertz CT molecular complexity index is 1110. The predicted octanol–water partition coefficient (Wildman–Crippen LogP) is 1.54. The number of carbonyl (C=O) groups excluding carboxylic acids is 2. The fourth-order valence-corrected chi connectivity index (χ4v) is 4.96. The van der Waals surface area contributed by atoms with E-state index in [1.54, 1.807) is 18.2 Å². The Kier molecular flexibility index (Phi) is 8.48. The van der Waals surface area contributed by atoms with Gasteiger partial charge in [-0.3, -0.25) is 9.59 Å². The first-order valence-electron chi connectivity index (χ1n) is 10.5. The molecule has 0 bridgehead atoms. The van der Waals surface area contributed by atoms with Gasteiger partial charge < -0.3 is 23.8 Å². The zero-order chi connectivity index (χ0) is 24.7. The van der Waals surface area contributed by atoms with Gasteiger partial charge in [0, 0.05) is 31.3 Å². The average molecular weight is 493 g/mol. The van der Waals surface area contributed by atoms with E-state index in [1.165, 1.54) is 54.8 Å². The first-order valence-corrected chi connectivity index (χ1v) is 12.0. The SMILES string of the molecule is COC(=O)CN(Cc1cc(OC)cc(OC)c1)C(=O)c1cccc(S(=O)(=O)N2CCOCC2)c1. The fraction of sp³-hybridized carbons (Fsp3) is 0.391. The van der Waals surface area contributed by atoms with Crippen molar-refractivity contribution >= 4 is 21.9 Å². The molecule has 1 aliphatic heterocycles. The Labute approximate surface area is 199 Å². The molecule has 0 unspecified atom stereocenters. The normalized spacial score (nSPS) is 14.3. The van der Waals surface area contributed by atoms with E-state index in [0.29, 0.717) is 30.3 Å². The van der Waals surface area contributed by atoms with Crippen molar-refractivity contribution < 1.29 is 37.0 Å². The van der Waals surface area contributed by atoms with Crippen LogP contribution in [-0.4, -0.2) is 83.7 Å². The summed E-state index contributed by atoms with van der Waals surface area (Å²) in [5, 5.41) is 0. The van der Waals surface area contributed by atoms with Crippen molar-refractivity contribution in [2.45, 2.75) is 11.4 Å². The zero-order valence-corrected chi connectivity index (χ0v) is 20.2. The van der Waals surface area contributed by atoms with Gasteiger partial charge >= 0.3 is 5.97 Å². The minimum Gasteiger partial charge on any atom is -0.497 e. The van der Waals surface area contributed by atoms with Crippen LogP contribution in [0.25, 0.3) is 0 Å². The summed E-state index contributed by atoms with van der Waals surface area (Å²) >= 11 is 0. The largest absolute Gasteiger partial charge is 0.497 e. The number of rotatable bonds is 9. The number of hydrogen-bond donors (Lipinski definition) is 0. The number of carbonyl (C=O) groups is 2. The molecule has 0 N–H and O–H groups in total. The van der Waals surface area contributed by atoms with Gasteiger partial charge in [0.2, 0.25) is 10.0 Å². The second kappa shape index (κ2) is 11.3. The molecule has 0 aliphatic carbocycles. The third-order valence-electron chi connectivity index (χ3n) is 5.31. The lowest BCUT2D eigenvalue weighted by Crippen LogP contribution is -2.40. The molecule has 0 spiro atoms. The second-order valence-electron chi connectivity index (χ2n) is 7.50. The molecule has 0 saturated carbocycles. The van der Waals surface area contributed by atoms with Crippen LogP contribution in [0.1, 0.15) is 15.9 Å². The summed E-state index contributed by atoms with van der Waals surface area (Å²) in [6, 6.07) is 10.9. The first-order chi connectivity index (χ1) is 16.3. The quantitative estimate of drug-likeness (QED) is 0.485. The zero-order valence-electron chi connectivity index (χ0n) is 19.4. The van der Waals surface area contributed by atoms with Crippen molar-refractivity contribution in [1.29, 1.82) is 0 Å². The molecule has 1 amide bonds. The van der Waals surface area contributed by atoms with Gasteiger partial charge in [0.15, 0.2) is 0 Å². The highest BCUT2D eigenvalue weighted by Crippen LogP contribution is 2.25. The van der Waals surface area contributed by atoms with Crippen molar-refractivity contribution in [3.63, 3.8) is 0 Å². The summed E-state index contributed by atoms with van der Waals surface area (Å²) in [6.07, 6.45) is 0. The number of benzene rings is 2. The van der Waals surface area contributed by atoms with Gasteiger partial charge in [0.25, 0.3) is 5.91 Å². The minimum absolute atomic E-state index is 0.00122. The Morgan fingerprint density at radius 2 is 1.65 bits per heavy atom. The maximum Gasteiger partial charge on any atom is 0.325 e. The summed E-state index contributed by atoms with van der Waals surface area (Å²) in [5.41, 5.74) is 0.790. The van der Waals surface area contributed by atoms with Crippen LogP contribution in [0.2, 0.25) is 0 Å².